The first-order valence-electron chi connectivity index (χ1n) is 6.26. The van der Waals surface area contributed by atoms with Gasteiger partial charge in [0.15, 0.2) is 0 Å². The lowest BCUT2D eigenvalue weighted by molar-refractivity contribution is -0.142. The van der Waals surface area contributed by atoms with Crippen LogP contribution in [0.25, 0.3) is 0 Å². The summed E-state index contributed by atoms with van der Waals surface area (Å²) in [5.41, 5.74) is 2.11. The summed E-state index contributed by atoms with van der Waals surface area (Å²) < 4.78 is 10.6. The Morgan fingerprint density at radius 3 is 2.70 bits per heavy atom. The molecule has 0 spiro atoms. The quantitative estimate of drug-likeness (QED) is 0.870. The van der Waals surface area contributed by atoms with Crippen LogP contribution >= 0.6 is 24.0 Å². The van der Waals surface area contributed by atoms with Crippen LogP contribution in [0.15, 0.2) is 12.1 Å². The maximum atomic E-state index is 11.4. The highest BCUT2D eigenvalue weighted by Gasteiger charge is 2.31. The third-order valence-electron chi connectivity index (χ3n) is 3.23. The van der Waals surface area contributed by atoms with E-state index in [0.717, 1.165) is 11.1 Å². The molecule has 0 aromatic heterocycles. The van der Waals surface area contributed by atoms with Gasteiger partial charge in [-0.05, 0) is 31.0 Å². The zero-order valence-electron chi connectivity index (χ0n) is 11.7. The minimum atomic E-state index is -0.292. The predicted octanol–water partition coefficient (Wildman–Crippen LogP) is 2.66. The average molecular weight is 320 g/mol. The van der Waals surface area contributed by atoms with E-state index in [1.165, 1.54) is 7.11 Å². The van der Waals surface area contributed by atoms with Crippen LogP contribution in [0, 0.1) is 13.8 Å². The molecule has 4 nitrogen and oxygen atoms in total. The van der Waals surface area contributed by atoms with Crippen LogP contribution in [0.1, 0.15) is 17.5 Å². The van der Waals surface area contributed by atoms with Crippen LogP contribution in [0.5, 0.6) is 5.75 Å². The first kappa shape index (κ1) is 17.1. The van der Waals surface area contributed by atoms with Gasteiger partial charge in [0.1, 0.15) is 17.9 Å². The number of halogens is 2. The minimum absolute atomic E-state index is 0. The van der Waals surface area contributed by atoms with Crippen molar-refractivity contribution < 1.29 is 14.3 Å². The molecule has 0 saturated carbocycles. The van der Waals surface area contributed by atoms with Gasteiger partial charge in [-0.2, -0.15) is 0 Å². The number of benzene rings is 1. The van der Waals surface area contributed by atoms with Gasteiger partial charge in [0.05, 0.1) is 12.1 Å². The van der Waals surface area contributed by atoms with Crippen molar-refractivity contribution >= 4 is 30.0 Å². The molecule has 112 valence electrons. The highest BCUT2D eigenvalue weighted by molar-refractivity contribution is 6.32. The number of methoxy groups -OCH3 is 1. The van der Waals surface area contributed by atoms with Gasteiger partial charge in [0.2, 0.25) is 0 Å². The van der Waals surface area contributed by atoms with Crippen LogP contribution < -0.4 is 10.1 Å². The molecule has 1 aromatic carbocycles. The monoisotopic (exact) mass is 319 g/mol. The van der Waals surface area contributed by atoms with Gasteiger partial charge in [-0.1, -0.05) is 17.7 Å². The number of hydrogen-bond donors (Lipinski definition) is 1. The molecule has 1 saturated heterocycles. The molecule has 20 heavy (non-hydrogen) atoms. The lowest BCUT2D eigenvalue weighted by atomic mass is 10.1. The molecule has 1 aliphatic rings. The lowest BCUT2D eigenvalue weighted by Crippen LogP contribution is -2.31. The molecule has 6 heteroatoms. The van der Waals surface area contributed by atoms with E-state index in [2.05, 4.69) is 5.32 Å². The predicted molar refractivity (Wildman–Crippen MR) is 81.0 cm³/mol. The first-order chi connectivity index (χ1) is 9.01. The molecular weight excluding hydrogens is 301 g/mol. The fourth-order valence-corrected chi connectivity index (χ4v) is 2.70. The third kappa shape index (κ3) is 3.78. The number of aryl methyl sites for hydroxylation is 2. The van der Waals surface area contributed by atoms with E-state index in [0.29, 0.717) is 23.7 Å². The summed E-state index contributed by atoms with van der Waals surface area (Å²) in [6, 6.07) is 3.62. The number of carbonyl (C=O) groups is 1. The molecular formula is C14H19Cl2NO3. The van der Waals surface area contributed by atoms with E-state index in [4.69, 9.17) is 21.1 Å². The summed E-state index contributed by atoms with van der Waals surface area (Å²) in [5.74, 6) is 0.447. The molecule has 0 amide bonds. The van der Waals surface area contributed by atoms with Crippen molar-refractivity contribution in [1.82, 2.24) is 5.32 Å². The highest BCUT2D eigenvalue weighted by atomic mass is 35.5. The zero-order chi connectivity index (χ0) is 14.0. The Balaban J connectivity index is 0.00000200. The Morgan fingerprint density at radius 1 is 1.40 bits per heavy atom. The Hall–Kier alpha value is -0.970. The molecule has 1 aliphatic heterocycles. The van der Waals surface area contributed by atoms with Crippen molar-refractivity contribution in [2.75, 3.05) is 13.7 Å². The molecule has 1 aromatic rings. The van der Waals surface area contributed by atoms with Crippen LogP contribution in [0.4, 0.5) is 0 Å². The fraction of sp³-hybridized carbons (Fsp3) is 0.500. The van der Waals surface area contributed by atoms with E-state index in [1.54, 1.807) is 0 Å². The minimum Gasteiger partial charge on any atom is -0.487 e. The standard InChI is InChI=1S/C14H18ClNO3.ClH/c1-8-4-9(2)13(11(15)5-8)19-10-6-12(16-7-10)14(17)18-3;/h4-5,10,12,16H,6-7H2,1-3H3;1H/t10-,12-;/m0./s1. The second kappa shape index (κ2) is 7.16. The Bertz CT molecular complexity index is 470. The Kier molecular flexibility index (Phi) is 6.11. The first-order valence-corrected chi connectivity index (χ1v) is 6.63. The number of esters is 1. The van der Waals surface area contributed by atoms with E-state index in [1.807, 2.05) is 26.0 Å². The average Bonchev–Trinajstić information content (AvgIpc) is 2.81. The zero-order valence-corrected chi connectivity index (χ0v) is 13.3. The number of hydrogen-bond acceptors (Lipinski definition) is 4. The topological polar surface area (TPSA) is 47.6 Å². The van der Waals surface area contributed by atoms with Crippen molar-refractivity contribution in [2.45, 2.75) is 32.4 Å². The SMILES string of the molecule is COC(=O)[C@@H]1C[C@H](Oc2c(C)cc(C)cc2Cl)CN1.Cl. The largest absolute Gasteiger partial charge is 0.487 e. The molecule has 1 N–H and O–H groups in total. The maximum absolute atomic E-state index is 11.4. The Morgan fingerprint density at radius 2 is 2.10 bits per heavy atom. The summed E-state index contributed by atoms with van der Waals surface area (Å²) >= 11 is 6.20. The van der Waals surface area contributed by atoms with Gasteiger partial charge >= 0.3 is 5.97 Å². The number of nitrogens with one attached hydrogen (secondary N) is 1. The van der Waals surface area contributed by atoms with Crippen molar-refractivity contribution in [3.8, 4) is 5.75 Å². The molecule has 0 radical (unpaired) electrons. The van der Waals surface area contributed by atoms with Crippen LogP contribution in [0.3, 0.4) is 0 Å². The fourth-order valence-electron chi connectivity index (χ4n) is 2.33. The van der Waals surface area contributed by atoms with Crippen molar-refractivity contribution in [2.24, 2.45) is 0 Å². The van der Waals surface area contributed by atoms with Gasteiger partial charge in [0, 0.05) is 13.0 Å². The summed E-state index contributed by atoms with van der Waals surface area (Å²) in [6.07, 6.45) is 0.527. The number of rotatable bonds is 3. The summed E-state index contributed by atoms with van der Waals surface area (Å²) in [7, 11) is 1.39. The molecule has 2 rings (SSSR count). The van der Waals surface area contributed by atoms with Crippen molar-refractivity contribution in [1.29, 1.82) is 0 Å². The van der Waals surface area contributed by atoms with Crippen molar-refractivity contribution in [3.63, 3.8) is 0 Å². The smallest absolute Gasteiger partial charge is 0.323 e. The summed E-state index contributed by atoms with van der Waals surface area (Å²) in [4.78, 5) is 11.4. The maximum Gasteiger partial charge on any atom is 0.323 e. The molecule has 0 bridgehead atoms. The van der Waals surface area contributed by atoms with Crippen molar-refractivity contribution in [3.05, 3.63) is 28.3 Å². The van der Waals surface area contributed by atoms with E-state index in [-0.39, 0.29) is 30.5 Å². The van der Waals surface area contributed by atoms with Crippen LogP contribution in [-0.2, 0) is 9.53 Å². The van der Waals surface area contributed by atoms with Crippen LogP contribution in [0.2, 0.25) is 5.02 Å². The second-order valence-electron chi connectivity index (χ2n) is 4.85. The molecule has 1 heterocycles. The summed E-state index contributed by atoms with van der Waals surface area (Å²) in [6.45, 7) is 4.57. The normalized spacial score (nSPS) is 21.2. The van der Waals surface area contributed by atoms with Gasteiger partial charge in [0.25, 0.3) is 0 Å². The highest BCUT2D eigenvalue weighted by Crippen LogP contribution is 2.31. The number of carbonyl (C=O) groups excluding carboxylic acids is 1. The van der Waals surface area contributed by atoms with Gasteiger partial charge in [-0.25, -0.2) is 0 Å². The van der Waals surface area contributed by atoms with Gasteiger partial charge in [-0.15, -0.1) is 12.4 Å². The molecule has 0 aliphatic carbocycles. The summed E-state index contributed by atoms with van der Waals surface area (Å²) in [5, 5.41) is 3.70. The molecule has 1 fully saturated rings. The van der Waals surface area contributed by atoms with E-state index < -0.39 is 0 Å². The third-order valence-corrected chi connectivity index (χ3v) is 3.52. The van der Waals surface area contributed by atoms with E-state index >= 15 is 0 Å². The van der Waals surface area contributed by atoms with E-state index in [9.17, 15) is 4.79 Å². The molecule has 0 unspecified atom stereocenters. The van der Waals surface area contributed by atoms with Gasteiger partial charge < -0.3 is 14.8 Å². The molecule has 2 atom stereocenters. The van der Waals surface area contributed by atoms with Gasteiger partial charge in [-0.3, -0.25) is 4.79 Å². The lowest BCUT2D eigenvalue weighted by Gasteiger charge is -2.16. The second-order valence-corrected chi connectivity index (χ2v) is 5.26. The number of ether oxygens (including phenoxy) is 2. The van der Waals surface area contributed by atoms with Crippen LogP contribution in [-0.4, -0.2) is 31.8 Å². The Labute approximate surface area is 130 Å².